The summed E-state index contributed by atoms with van der Waals surface area (Å²) in [4.78, 5) is 0. The molecular weight excluding hydrogens is 302 g/mol. The van der Waals surface area contributed by atoms with E-state index in [1.807, 2.05) is 25.1 Å². The van der Waals surface area contributed by atoms with E-state index in [0.29, 0.717) is 18.0 Å². The molecule has 0 amide bonds. The third-order valence-corrected chi connectivity index (χ3v) is 3.36. The Morgan fingerprint density at radius 3 is 2.76 bits per heavy atom. The Morgan fingerprint density at radius 2 is 2.18 bits per heavy atom. The number of halogens is 2. The summed E-state index contributed by atoms with van der Waals surface area (Å²) in [7, 11) is 0. The van der Waals surface area contributed by atoms with Gasteiger partial charge in [0.05, 0.1) is 5.60 Å². The summed E-state index contributed by atoms with van der Waals surface area (Å²) < 4.78 is 0.954. The highest BCUT2D eigenvalue weighted by Crippen LogP contribution is 2.24. The van der Waals surface area contributed by atoms with E-state index in [9.17, 15) is 5.11 Å². The fourth-order valence-corrected chi connectivity index (χ4v) is 2.41. The molecule has 1 unspecified atom stereocenters. The van der Waals surface area contributed by atoms with Gasteiger partial charge >= 0.3 is 0 Å². The largest absolute Gasteiger partial charge is 0.389 e. The van der Waals surface area contributed by atoms with Gasteiger partial charge in [-0.1, -0.05) is 40.5 Å². The molecule has 0 aliphatic carbocycles. The molecule has 0 fully saturated rings. The van der Waals surface area contributed by atoms with E-state index in [1.54, 1.807) is 0 Å². The smallest absolute Gasteiger partial charge is 0.0784 e. The van der Waals surface area contributed by atoms with Gasteiger partial charge in [-0.05, 0) is 37.6 Å². The number of nitrogens with one attached hydrogen (secondary N) is 1. The molecule has 0 saturated heterocycles. The molecule has 2 N–H and O–H groups in total. The molecule has 0 aromatic heterocycles. The van der Waals surface area contributed by atoms with Crippen LogP contribution in [0.2, 0.25) is 5.02 Å². The molecule has 1 rings (SSSR count). The van der Waals surface area contributed by atoms with Crippen LogP contribution in [0.3, 0.4) is 0 Å². The lowest BCUT2D eigenvalue weighted by Gasteiger charge is -2.24. The standard InChI is InChI=1S/C13H19BrClNO/c1-3-6-16-9-13(2,17)8-10-4-5-11(14)7-12(10)15/h4-5,7,16-17H,3,6,8-9H2,1-2H3. The monoisotopic (exact) mass is 319 g/mol. The number of aliphatic hydroxyl groups is 1. The van der Waals surface area contributed by atoms with Crippen LogP contribution >= 0.6 is 27.5 Å². The highest BCUT2D eigenvalue weighted by atomic mass is 79.9. The molecule has 0 aliphatic heterocycles. The molecule has 17 heavy (non-hydrogen) atoms. The lowest BCUT2D eigenvalue weighted by Crippen LogP contribution is -2.40. The molecule has 4 heteroatoms. The molecule has 2 nitrogen and oxygen atoms in total. The number of hydrogen-bond donors (Lipinski definition) is 2. The van der Waals surface area contributed by atoms with Crippen LogP contribution in [0, 0.1) is 0 Å². The van der Waals surface area contributed by atoms with E-state index >= 15 is 0 Å². The summed E-state index contributed by atoms with van der Waals surface area (Å²) in [6.45, 7) is 5.43. The van der Waals surface area contributed by atoms with Crippen molar-refractivity contribution in [1.82, 2.24) is 5.32 Å². The Morgan fingerprint density at radius 1 is 1.47 bits per heavy atom. The van der Waals surface area contributed by atoms with Crippen molar-refractivity contribution < 1.29 is 5.11 Å². The summed E-state index contributed by atoms with van der Waals surface area (Å²) in [6, 6.07) is 5.74. The van der Waals surface area contributed by atoms with E-state index in [-0.39, 0.29) is 0 Å². The van der Waals surface area contributed by atoms with Crippen molar-refractivity contribution in [2.24, 2.45) is 0 Å². The van der Waals surface area contributed by atoms with Crippen LogP contribution < -0.4 is 5.32 Å². The Hall–Kier alpha value is -0.0900. The minimum atomic E-state index is -0.771. The third-order valence-electron chi connectivity index (χ3n) is 2.52. The average Bonchev–Trinajstić information content (AvgIpc) is 2.22. The second kappa shape index (κ2) is 6.74. The minimum absolute atomic E-state index is 0.551. The maximum Gasteiger partial charge on any atom is 0.0784 e. The van der Waals surface area contributed by atoms with Gasteiger partial charge in [0.15, 0.2) is 0 Å². The maximum absolute atomic E-state index is 10.3. The molecule has 1 aromatic rings. The molecule has 0 spiro atoms. The average molecular weight is 321 g/mol. The second-order valence-corrected chi connectivity index (χ2v) is 5.91. The van der Waals surface area contributed by atoms with Crippen molar-refractivity contribution in [3.05, 3.63) is 33.3 Å². The maximum atomic E-state index is 10.3. The van der Waals surface area contributed by atoms with Crippen molar-refractivity contribution in [3.8, 4) is 0 Å². The molecule has 0 bridgehead atoms. The van der Waals surface area contributed by atoms with Gasteiger partial charge in [0, 0.05) is 22.5 Å². The Bertz CT molecular complexity index is 368. The van der Waals surface area contributed by atoms with Crippen molar-refractivity contribution in [2.75, 3.05) is 13.1 Å². The second-order valence-electron chi connectivity index (χ2n) is 4.59. The van der Waals surface area contributed by atoms with Crippen LogP contribution in [-0.4, -0.2) is 23.8 Å². The van der Waals surface area contributed by atoms with Crippen molar-refractivity contribution >= 4 is 27.5 Å². The predicted molar refractivity (Wildman–Crippen MR) is 76.6 cm³/mol. The van der Waals surface area contributed by atoms with E-state index < -0.39 is 5.60 Å². The Kier molecular flexibility index (Phi) is 5.93. The molecule has 0 radical (unpaired) electrons. The molecule has 96 valence electrons. The number of hydrogen-bond acceptors (Lipinski definition) is 2. The summed E-state index contributed by atoms with van der Waals surface area (Å²) in [5.41, 5.74) is 0.199. The molecule has 1 atom stereocenters. The van der Waals surface area contributed by atoms with Gasteiger partial charge < -0.3 is 10.4 Å². The number of rotatable bonds is 6. The van der Waals surface area contributed by atoms with Gasteiger partial charge in [0.25, 0.3) is 0 Å². The van der Waals surface area contributed by atoms with E-state index in [0.717, 1.165) is 23.0 Å². The Labute approximate surface area is 117 Å². The van der Waals surface area contributed by atoms with Crippen LogP contribution in [0.4, 0.5) is 0 Å². The van der Waals surface area contributed by atoms with Crippen molar-refractivity contribution in [1.29, 1.82) is 0 Å². The summed E-state index contributed by atoms with van der Waals surface area (Å²) >= 11 is 9.50. The molecule has 0 heterocycles. The zero-order valence-corrected chi connectivity index (χ0v) is 12.6. The summed E-state index contributed by atoms with van der Waals surface area (Å²) in [6.07, 6.45) is 1.62. The van der Waals surface area contributed by atoms with E-state index in [4.69, 9.17) is 11.6 Å². The predicted octanol–water partition coefficient (Wildman–Crippen LogP) is 3.40. The van der Waals surface area contributed by atoms with E-state index in [1.165, 1.54) is 0 Å². The first kappa shape index (κ1) is 15.0. The first-order valence-electron chi connectivity index (χ1n) is 5.81. The normalized spacial score (nSPS) is 14.6. The van der Waals surface area contributed by atoms with Crippen LogP contribution in [0.25, 0.3) is 0 Å². The molecular formula is C13H19BrClNO. The topological polar surface area (TPSA) is 32.3 Å². The van der Waals surface area contributed by atoms with Gasteiger partial charge in [-0.25, -0.2) is 0 Å². The van der Waals surface area contributed by atoms with E-state index in [2.05, 4.69) is 28.2 Å². The van der Waals surface area contributed by atoms with Crippen LogP contribution in [0.5, 0.6) is 0 Å². The van der Waals surface area contributed by atoms with Gasteiger partial charge in [-0.2, -0.15) is 0 Å². The van der Waals surface area contributed by atoms with Gasteiger partial charge in [-0.3, -0.25) is 0 Å². The van der Waals surface area contributed by atoms with Crippen LogP contribution in [0.15, 0.2) is 22.7 Å². The summed E-state index contributed by atoms with van der Waals surface area (Å²) in [5.74, 6) is 0. The third kappa shape index (κ3) is 5.38. The first-order valence-corrected chi connectivity index (χ1v) is 6.99. The molecule has 0 aliphatic rings. The minimum Gasteiger partial charge on any atom is -0.389 e. The molecule has 0 saturated carbocycles. The fraction of sp³-hybridized carbons (Fsp3) is 0.538. The van der Waals surface area contributed by atoms with Crippen molar-refractivity contribution in [3.63, 3.8) is 0 Å². The first-order chi connectivity index (χ1) is 7.94. The van der Waals surface area contributed by atoms with Gasteiger partial charge in [0.2, 0.25) is 0 Å². The van der Waals surface area contributed by atoms with Crippen molar-refractivity contribution in [2.45, 2.75) is 32.3 Å². The highest BCUT2D eigenvalue weighted by Gasteiger charge is 2.21. The lowest BCUT2D eigenvalue weighted by atomic mass is 9.96. The fourth-order valence-electron chi connectivity index (χ4n) is 1.67. The number of benzene rings is 1. The van der Waals surface area contributed by atoms with Crippen LogP contribution in [-0.2, 0) is 6.42 Å². The lowest BCUT2D eigenvalue weighted by molar-refractivity contribution is 0.0604. The SMILES string of the molecule is CCCNCC(C)(O)Cc1ccc(Br)cc1Cl. The van der Waals surface area contributed by atoms with Crippen LogP contribution in [0.1, 0.15) is 25.8 Å². The summed E-state index contributed by atoms with van der Waals surface area (Å²) in [5, 5.41) is 14.2. The Balaban J connectivity index is 2.62. The zero-order chi connectivity index (χ0) is 12.9. The van der Waals surface area contributed by atoms with Gasteiger partial charge in [-0.15, -0.1) is 0 Å². The molecule has 1 aromatic carbocycles. The quantitative estimate of drug-likeness (QED) is 0.787. The highest BCUT2D eigenvalue weighted by molar-refractivity contribution is 9.10. The van der Waals surface area contributed by atoms with Gasteiger partial charge in [0.1, 0.15) is 0 Å². The zero-order valence-electron chi connectivity index (χ0n) is 10.3.